The van der Waals surface area contributed by atoms with Gasteiger partial charge in [-0.2, -0.15) is 25.3 Å². The number of carbonyl (C=O) groups is 2. The van der Waals surface area contributed by atoms with E-state index in [1.54, 1.807) is 13.8 Å². The summed E-state index contributed by atoms with van der Waals surface area (Å²) in [6.07, 6.45) is 5.24. The molecular formula is C16H34O6S2. The first kappa shape index (κ1) is 28.4. The average molecular weight is 387 g/mol. The predicted molar refractivity (Wildman–Crippen MR) is 103 cm³/mol. The highest BCUT2D eigenvalue weighted by atomic mass is 32.1. The molecule has 0 spiro atoms. The van der Waals surface area contributed by atoms with Gasteiger partial charge in [0.1, 0.15) is 0 Å². The Hall–Kier alpha value is -0.440. The second-order valence-electron chi connectivity index (χ2n) is 5.53. The van der Waals surface area contributed by atoms with Gasteiger partial charge < -0.3 is 20.4 Å². The van der Waals surface area contributed by atoms with Crippen molar-refractivity contribution < 1.29 is 30.0 Å². The van der Waals surface area contributed by atoms with Crippen molar-refractivity contribution in [2.75, 3.05) is 11.5 Å². The lowest BCUT2D eigenvalue weighted by Gasteiger charge is -2.01. The molecule has 0 rings (SSSR count). The monoisotopic (exact) mass is 386 g/mol. The van der Waals surface area contributed by atoms with Crippen LogP contribution in [0.15, 0.2) is 0 Å². The average Bonchev–Trinajstić information content (AvgIpc) is 2.53. The van der Waals surface area contributed by atoms with Crippen molar-refractivity contribution in [3.05, 3.63) is 0 Å². The minimum atomic E-state index is -1.10. The van der Waals surface area contributed by atoms with Gasteiger partial charge in [-0.05, 0) is 12.8 Å². The molecule has 0 bridgehead atoms. The van der Waals surface area contributed by atoms with E-state index in [0.717, 1.165) is 12.8 Å². The van der Waals surface area contributed by atoms with Crippen molar-refractivity contribution >= 4 is 37.2 Å². The van der Waals surface area contributed by atoms with Crippen LogP contribution in [0.4, 0.5) is 0 Å². The Labute approximate surface area is 156 Å². The van der Waals surface area contributed by atoms with Gasteiger partial charge in [0.15, 0.2) is 6.29 Å². The van der Waals surface area contributed by atoms with E-state index in [-0.39, 0.29) is 11.8 Å². The number of unbranched alkanes of at least 4 members (excludes halogenated alkanes) is 4. The Morgan fingerprint density at radius 2 is 1.21 bits per heavy atom. The molecule has 2 unspecified atom stereocenters. The van der Waals surface area contributed by atoms with Crippen LogP contribution in [0.25, 0.3) is 0 Å². The summed E-state index contributed by atoms with van der Waals surface area (Å²) >= 11 is 7.55. The van der Waals surface area contributed by atoms with E-state index < -0.39 is 18.2 Å². The first-order chi connectivity index (χ1) is 11.1. The lowest BCUT2D eigenvalue weighted by Crippen LogP contribution is -2.09. The number of aliphatic carboxylic acids is 2. The van der Waals surface area contributed by atoms with Gasteiger partial charge in [0.05, 0.1) is 11.8 Å². The third kappa shape index (κ3) is 26.5. The highest BCUT2D eigenvalue weighted by Gasteiger charge is 2.06. The van der Waals surface area contributed by atoms with E-state index in [9.17, 15) is 9.59 Å². The van der Waals surface area contributed by atoms with Gasteiger partial charge in [0, 0.05) is 11.5 Å². The maximum atomic E-state index is 9.88. The van der Waals surface area contributed by atoms with Crippen LogP contribution in [0.1, 0.15) is 59.3 Å². The normalized spacial score (nSPS) is 12.3. The fourth-order valence-electron chi connectivity index (χ4n) is 1.09. The molecule has 0 amide bonds. The molecule has 0 heterocycles. The van der Waals surface area contributed by atoms with Gasteiger partial charge in [0.25, 0.3) is 0 Å². The van der Waals surface area contributed by atoms with Gasteiger partial charge in [0.2, 0.25) is 0 Å². The van der Waals surface area contributed by atoms with Crippen molar-refractivity contribution in [2.24, 2.45) is 11.8 Å². The molecule has 2 atom stereocenters. The van der Waals surface area contributed by atoms with E-state index in [1.807, 2.05) is 0 Å². The third-order valence-electron chi connectivity index (χ3n) is 2.96. The third-order valence-corrected chi connectivity index (χ3v) is 4.05. The first-order valence-corrected chi connectivity index (χ1v) is 9.43. The number of aliphatic hydroxyl groups is 2. The molecule has 0 saturated heterocycles. The first-order valence-electron chi connectivity index (χ1n) is 8.17. The molecule has 0 saturated carbocycles. The highest BCUT2D eigenvalue weighted by Crippen LogP contribution is 2.05. The summed E-state index contributed by atoms with van der Waals surface area (Å²) in [5.74, 6) is -1.37. The van der Waals surface area contributed by atoms with Crippen LogP contribution < -0.4 is 0 Å². The summed E-state index contributed by atoms with van der Waals surface area (Å²) in [4.78, 5) is 19.8. The number of hydrogen-bond acceptors (Lipinski definition) is 6. The Morgan fingerprint density at radius 1 is 0.833 bits per heavy atom. The number of thiol groups is 2. The van der Waals surface area contributed by atoms with Crippen LogP contribution in [-0.4, -0.2) is 50.2 Å². The van der Waals surface area contributed by atoms with E-state index in [4.69, 9.17) is 20.4 Å². The fraction of sp³-hybridized carbons (Fsp3) is 0.875. The lowest BCUT2D eigenvalue weighted by atomic mass is 10.1. The van der Waals surface area contributed by atoms with Gasteiger partial charge in [-0.15, -0.1) is 0 Å². The zero-order valence-electron chi connectivity index (χ0n) is 14.9. The molecule has 24 heavy (non-hydrogen) atoms. The van der Waals surface area contributed by atoms with Gasteiger partial charge in [-0.1, -0.05) is 46.5 Å². The zero-order valence-corrected chi connectivity index (χ0v) is 16.7. The summed E-state index contributed by atoms with van der Waals surface area (Å²) < 4.78 is 0. The predicted octanol–water partition coefficient (Wildman–Crippen LogP) is 2.93. The van der Waals surface area contributed by atoms with E-state index in [2.05, 4.69) is 32.2 Å². The summed E-state index contributed by atoms with van der Waals surface area (Å²) in [6.45, 7) is 5.41. The van der Waals surface area contributed by atoms with Crippen molar-refractivity contribution in [1.29, 1.82) is 0 Å². The summed E-state index contributed by atoms with van der Waals surface area (Å²) in [7, 11) is 0. The number of aliphatic hydroxyl groups excluding tert-OH is 1. The van der Waals surface area contributed by atoms with Crippen LogP contribution in [-0.2, 0) is 9.59 Å². The zero-order chi connectivity index (χ0) is 19.5. The molecule has 4 N–H and O–H groups in total. The smallest absolute Gasteiger partial charge is 0.307 e. The Bertz CT molecular complexity index is 280. The van der Waals surface area contributed by atoms with Crippen LogP contribution in [0.3, 0.4) is 0 Å². The fourth-order valence-corrected chi connectivity index (χ4v) is 1.40. The minimum absolute atomic E-state index is 0.316. The summed E-state index contributed by atoms with van der Waals surface area (Å²) in [5, 5.41) is 33.2. The molecule has 0 aromatic carbocycles. The SMILES string of the molecule is CC(CS)C(=O)O.CC(CS)C(=O)O.CCCCCCCC(O)O. The molecule has 0 radical (unpaired) electrons. The summed E-state index contributed by atoms with van der Waals surface area (Å²) in [5.41, 5.74) is 0. The minimum Gasteiger partial charge on any atom is -0.481 e. The Kier molecular flexibility index (Phi) is 24.4. The van der Waals surface area contributed by atoms with Crippen LogP contribution in [0.5, 0.6) is 0 Å². The quantitative estimate of drug-likeness (QED) is 0.195. The molecule has 0 aromatic rings. The second-order valence-corrected chi connectivity index (χ2v) is 6.26. The van der Waals surface area contributed by atoms with E-state index in [0.29, 0.717) is 17.9 Å². The Morgan fingerprint density at radius 3 is 1.42 bits per heavy atom. The molecule has 0 fully saturated rings. The number of carboxylic acid groups (broad SMARTS) is 2. The second kappa shape index (κ2) is 20.6. The van der Waals surface area contributed by atoms with Crippen molar-refractivity contribution in [2.45, 2.75) is 65.6 Å². The topological polar surface area (TPSA) is 115 Å². The lowest BCUT2D eigenvalue weighted by molar-refractivity contribution is -0.141. The highest BCUT2D eigenvalue weighted by molar-refractivity contribution is 7.80. The van der Waals surface area contributed by atoms with Gasteiger partial charge in [-0.3, -0.25) is 9.59 Å². The molecular weight excluding hydrogens is 352 g/mol. The molecule has 0 aliphatic carbocycles. The molecule has 0 aliphatic rings. The molecule has 0 aliphatic heterocycles. The van der Waals surface area contributed by atoms with Crippen molar-refractivity contribution in [1.82, 2.24) is 0 Å². The van der Waals surface area contributed by atoms with Gasteiger partial charge >= 0.3 is 11.9 Å². The maximum absolute atomic E-state index is 9.88. The molecule has 146 valence electrons. The summed E-state index contributed by atoms with van der Waals surface area (Å²) in [6, 6.07) is 0. The number of hydrogen-bond donors (Lipinski definition) is 6. The molecule has 8 heteroatoms. The van der Waals surface area contributed by atoms with Crippen LogP contribution >= 0.6 is 25.3 Å². The van der Waals surface area contributed by atoms with E-state index >= 15 is 0 Å². The van der Waals surface area contributed by atoms with Crippen LogP contribution in [0.2, 0.25) is 0 Å². The van der Waals surface area contributed by atoms with Crippen LogP contribution in [0, 0.1) is 11.8 Å². The van der Waals surface area contributed by atoms with Gasteiger partial charge in [-0.25, -0.2) is 0 Å². The number of rotatable bonds is 10. The molecule has 6 nitrogen and oxygen atoms in total. The standard InChI is InChI=1S/C8H18O2.2C4H8O2S/c1-2-3-4-5-6-7-8(9)10;2*1-3(2-7)4(5)6/h8-10H,2-7H2,1H3;2*3,7H,2H2,1H3,(H,5,6). The number of carboxylic acids is 2. The van der Waals surface area contributed by atoms with Crippen molar-refractivity contribution in [3.8, 4) is 0 Å². The Balaban J connectivity index is -0.000000283. The van der Waals surface area contributed by atoms with Crippen molar-refractivity contribution in [3.63, 3.8) is 0 Å². The largest absolute Gasteiger partial charge is 0.481 e. The molecule has 0 aromatic heterocycles. The maximum Gasteiger partial charge on any atom is 0.307 e. The van der Waals surface area contributed by atoms with E-state index in [1.165, 1.54) is 19.3 Å².